The largest absolute Gasteiger partial charge is 0.474 e. The highest BCUT2D eigenvalue weighted by Crippen LogP contribution is 2.50. The van der Waals surface area contributed by atoms with Crippen LogP contribution >= 0.6 is 31.3 Å². The minimum atomic E-state index is -4.02. The lowest BCUT2D eigenvalue weighted by Gasteiger charge is -2.21. The molecule has 42 heavy (non-hydrogen) atoms. The fourth-order valence-electron chi connectivity index (χ4n) is 3.95. The third kappa shape index (κ3) is 9.38. The van der Waals surface area contributed by atoms with Gasteiger partial charge in [0.05, 0.1) is 32.3 Å². The first kappa shape index (κ1) is 34.7. The van der Waals surface area contributed by atoms with E-state index in [2.05, 4.69) is 20.3 Å². The molecule has 0 aliphatic carbocycles. The topological polar surface area (TPSA) is 170 Å². The molecule has 3 N–H and O–H groups in total. The van der Waals surface area contributed by atoms with Crippen LogP contribution in [0.3, 0.4) is 0 Å². The molecule has 1 saturated heterocycles. The highest BCUT2D eigenvalue weighted by atomic mass is 32.2. The van der Waals surface area contributed by atoms with Gasteiger partial charge in [-0.1, -0.05) is 72.0 Å². The number of hydrogen-bond donors (Lipinski definition) is 2. The molecule has 1 fully saturated rings. The van der Waals surface area contributed by atoms with Crippen molar-refractivity contribution in [1.82, 2.24) is 19.5 Å². The van der Waals surface area contributed by atoms with Crippen LogP contribution in [0.4, 0.5) is 11.8 Å². The summed E-state index contributed by atoms with van der Waals surface area (Å²) in [6.07, 6.45) is 1.41. The number of aromatic nitrogens is 4. The first-order valence-corrected chi connectivity index (χ1v) is 17.2. The van der Waals surface area contributed by atoms with Gasteiger partial charge in [0.15, 0.2) is 27.2 Å². The van der Waals surface area contributed by atoms with Gasteiger partial charge in [0.25, 0.3) is 0 Å². The minimum Gasteiger partial charge on any atom is -0.371 e. The fourth-order valence-corrected chi connectivity index (χ4v) is 6.96. The van der Waals surface area contributed by atoms with Crippen LogP contribution in [0, 0.1) is 16.7 Å². The number of carbonyl (C=O) groups is 2. The molecule has 3 heterocycles. The van der Waals surface area contributed by atoms with E-state index in [1.807, 2.05) is 48.5 Å². The monoisotopic (exact) mass is 646 g/mol. The van der Waals surface area contributed by atoms with Crippen molar-refractivity contribution in [2.75, 3.05) is 49.4 Å². The number of thioether (sulfide) groups is 2. The van der Waals surface area contributed by atoms with E-state index in [9.17, 15) is 14.2 Å². The van der Waals surface area contributed by atoms with Crippen LogP contribution in [-0.2, 0) is 32.5 Å². The zero-order valence-corrected chi connectivity index (χ0v) is 28.1. The standard InChI is InChI=1S/C26H43N6O7PS2/c1-16-13-17(39-21(16)32-15-29-18-19(28-8)30-24(27)31-20(18)32)14-38-40(35,36-9-11-41-22(33)25(2,3)4)37-10-12-42-23(34)26(5,6)7/h15-17,21H,9-14H2,1-8H3,(H3,27,28,30,31)/t16-,17-,21+/m0/s1. The van der Waals surface area contributed by atoms with Crippen molar-refractivity contribution in [2.24, 2.45) is 16.7 Å². The Bertz CT molecular complexity index is 1260. The van der Waals surface area contributed by atoms with E-state index < -0.39 is 31.0 Å². The Hall–Kier alpha value is -1.74. The van der Waals surface area contributed by atoms with E-state index in [1.165, 1.54) is 0 Å². The molecule has 3 atom stereocenters. The van der Waals surface area contributed by atoms with Crippen LogP contribution in [0.1, 0.15) is 61.1 Å². The lowest BCUT2D eigenvalue weighted by molar-refractivity contribution is -0.118. The van der Waals surface area contributed by atoms with Crippen LogP contribution in [0.5, 0.6) is 0 Å². The Balaban J connectivity index is 1.63. The number of anilines is 2. The number of phosphoric ester groups is 1. The molecule has 0 unspecified atom stereocenters. The number of ether oxygens (including phenoxy) is 1. The third-order valence-electron chi connectivity index (χ3n) is 6.18. The number of carbonyl (C=O) groups excluding carboxylic acids is 2. The minimum absolute atomic E-state index is 0.000128. The lowest BCUT2D eigenvalue weighted by atomic mass is 9.99. The second kappa shape index (κ2) is 14.4. The highest BCUT2D eigenvalue weighted by Gasteiger charge is 2.37. The highest BCUT2D eigenvalue weighted by molar-refractivity contribution is 8.14. The molecule has 2 aromatic rings. The number of nitrogen functional groups attached to an aromatic ring is 1. The Morgan fingerprint density at radius 1 is 1.07 bits per heavy atom. The molecule has 1 aliphatic rings. The van der Waals surface area contributed by atoms with Crippen molar-refractivity contribution >= 4 is 64.5 Å². The van der Waals surface area contributed by atoms with E-state index in [0.717, 1.165) is 23.5 Å². The van der Waals surface area contributed by atoms with Gasteiger partial charge in [0.2, 0.25) is 5.95 Å². The molecule has 0 bridgehead atoms. The maximum atomic E-state index is 13.6. The number of rotatable bonds is 13. The number of hydrogen-bond acceptors (Lipinski definition) is 14. The molecule has 0 spiro atoms. The Labute approximate surface area is 255 Å². The van der Waals surface area contributed by atoms with Crippen LogP contribution in [-0.4, -0.2) is 74.2 Å². The van der Waals surface area contributed by atoms with Crippen molar-refractivity contribution in [3.8, 4) is 0 Å². The molecule has 2 aromatic heterocycles. The molecular formula is C26H43N6O7PS2. The molecule has 16 heteroatoms. The van der Waals surface area contributed by atoms with Gasteiger partial charge >= 0.3 is 7.82 Å². The van der Waals surface area contributed by atoms with E-state index in [-0.39, 0.29) is 53.4 Å². The van der Waals surface area contributed by atoms with Gasteiger partial charge in [0, 0.05) is 35.3 Å². The number of fused-ring (bicyclic) bond motifs is 1. The van der Waals surface area contributed by atoms with Crippen molar-refractivity contribution in [3.63, 3.8) is 0 Å². The molecule has 1 aliphatic heterocycles. The van der Waals surface area contributed by atoms with Gasteiger partial charge in [-0.3, -0.25) is 27.7 Å². The van der Waals surface area contributed by atoms with Gasteiger partial charge in [-0.05, 0) is 6.42 Å². The maximum absolute atomic E-state index is 13.6. The van der Waals surface area contributed by atoms with Crippen molar-refractivity contribution < 1.29 is 32.5 Å². The molecule has 3 rings (SSSR count). The average Bonchev–Trinajstić information content (AvgIpc) is 3.48. The summed E-state index contributed by atoms with van der Waals surface area (Å²) in [4.78, 5) is 37.4. The summed E-state index contributed by atoms with van der Waals surface area (Å²) in [7, 11) is -2.29. The zero-order valence-electron chi connectivity index (χ0n) is 25.5. The van der Waals surface area contributed by atoms with Gasteiger partial charge in [0.1, 0.15) is 6.23 Å². The Morgan fingerprint density at radius 2 is 1.64 bits per heavy atom. The predicted molar refractivity (Wildman–Crippen MR) is 166 cm³/mol. The van der Waals surface area contributed by atoms with Gasteiger partial charge in [-0.2, -0.15) is 9.97 Å². The predicted octanol–water partition coefficient (Wildman–Crippen LogP) is 5.14. The van der Waals surface area contributed by atoms with Crippen LogP contribution in [0.2, 0.25) is 0 Å². The van der Waals surface area contributed by atoms with Crippen molar-refractivity contribution in [3.05, 3.63) is 6.33 Å². The number of nitrogens with two attached hydrogens (primary N) is 1. The molecule has 0 saturated carbocycles. The van der Waals surface area contributed by atoms with Crippen LogP contribution in [0.25, 0.3) is 11.2 Å². The quantitative estimate of drug-likeness (QED) is 0.216. The smallest absolute Gasteiger partial charge is 0.371 e. The lowest BCUT2D eigenvalue weighted by Crippen LogP contribution is -2.19. The Morgan fingerprint density at radius 3 is 2.17 bits per heavy atom. The molecule has 0 amide bonds. The van der Waals surface area contributed by atoms with Crippen molar-refractivity contribution in [2.45, 2.75) is 67.2 Å². The fraction of sp³-hybridized carbons (Fsp3) is 0.731. The summed E-state index contributed by atoms with van der Waals surface area (Å²) in [5, 5.41) is 2.97. The second-order valence-electron chi connectivity index (χ2n) is 12.0. The summed E-state index contributed by atoms with van der Waals surface area (Å²) in [5.74, 6) is 1.25. The second-order valence-corrected chi connectivity index (χ2v) is 15.9. The van der Waals surface area contributed by atoms with Gasteiger partial charge in [-0.25, -0.2) is 9.55 Å². The van der Waals surface area contributed by atoms with E-state index in [0.29, 0.717) is 23.4 Å². The third-order valence-corrected chi connectivity index (χ3v) is 10.1. The van der Waals surface area contributed by atoms with E-state index >= 15 is 0 Å². The molecular weight excluding hydrogens is 603 g/mol. The normalized spacial score (nSPS) is 19.9. The van der Waals surface area contributed by atoms with Crippen LogP contribution in [0.15, 0.2) is 6.33 Å². The van der Waals surface area contributed by atoms with Gasteiger partial charge < -0.3 is 15.8 Å². The van der Waals surface area contributed by atoms with Gasteiger partial charge in [-0.15, -0.1) is 0 Å². The first-order valence-electron chi connectivity index (χ1n) is 13.8. The summed E-state index contributed by atoms with van der Waals surface area (Å²) in [5.41, 5.74) is 6.00. The van der Waals surface area contributed by atoms with Crippen molar-refractivity contribution in [1.29, 1.82) is 0 Å². The average molecular weight is 647 g/mol. The summed E-state index contributed by atoms with van der Waals surface area (Å²) in [6, 6.07) is 0. The van der Waals surface area contributed by atoms with Crippen LogP contribution < -0.4 is 11.1 Å². The number of nitrogens with zero attached hydrogens (tertiary/aromatic N) is 4. The summed E-state index contributed by atoms with van der Waals surface area (Å²) in [6.45, 7) is 13.0. The SMILES string of the molecule is CNc1nc(N)nc2c1ncn2[C@@H]1O[C@H](COP(=O)(OCCSC(=O)C(C)(C)C)OCCSC(=O)C(C)(C)C)C[C@@H]1C. The number of nitrogens with one attached hydrogen (secondary N) is 1. The van der Waals surface area contributed by atoms with E-state index in [4.69, 9.17) is 24.0 Å². The molecule has 0 radical (unpaired) electrons. The first-order chi connectivity index (χ1) is 19.5. The zero-order chi connectivity index (χ0) is 31.3. The summed E-state index contributed by atoms with van der Waals surface area (Å²) < 4.78 is 38.5. The van der Waals surface area contributed by atoms with E-state index in [1.54, 1.807) is 17.9 Å². The summed E-state index contributed by atoms with van der Waals surface area (Å²) >= 11 is 2.21. The molecule has 13 nitrogen and oxygen atoms in total. The number of phosphoric acid groups is 1. The Kier molecular flexibility index (Phi) is 11.9. The number of imidazole rings is 1. The molecule has 0 aromatic carbocycles. The molecule has 236 valence electrons. The maximum Gasteiger partial charge on any atom is 0.474 e.